The van der Waals surface area contributed by atoms with E-state index >= 15 is 0 Å². The molecule has 2 aromatic rings. The summed E-state index contributed by atoms with van der Waals surface area (Å²) < 4.78 is 34.0. The number of nitrogens with one attached hydrogen (secondary N) is 2. The van der Waals surface area contributed by atoms with E-state index in [-0.39, 0.29) is 28.4 Å². The van der Waals surface area contributed by atoms with Gasteiger partial charge in [0.15, 0.2) is 23.1 Å². The molecule has 0 unspecified atom stereocenters. The first-order valence-electron chi connectivity index (χ1n) is 7.69. The van der Waals surface area contributed by atoms with Gasteiger partial charge in [0.2, 0.25) is 5.75 Å². The topological polar surface area (TPSA) is 95.1 Å². The maximum atomic E-state index is 13.7. The molecule has 144 valence electrons. The van der Waals surface area contributed by atoms with Gasteiger partial charge >= 0.3 is 0 Å². The fraction of sp³-hybridized carbons (Fsp3) is 0.222. The molecular weight excluding hydrogens is 359 g/mol. The Labute approximate surface area is 155 Å². The number of amides is 2. The van der Waals surface area contributed by atoms with E-state index in [1.165, 1.54) is 52.7 Å². The lowest BCUT2D eigenvalue weighted by Gasteiger charge is -2.14. The quantitative estimate of drug-likeness (QED) is 0.746. The number of ether oxygens (including phenoxy) is 4. The third-order valence-electron chi connectivity index (χ3n) is 3.63. The van der Waals surface area contributed by atoms with Crippen LogP contribution in [-0.4, -0.2) is 40.3 Å². The van der Waals surface area contributed by atoms with Crippen LogP contribution in [-0.2, 0) is 0 Å². The molecule has 2 N–H and O–H groups in total. The van der Waals surface area contributed by atoms with Gasteiger partial charge in [0.25, 0.3) is 11.8 Å². The van der Waals surface area contributed by atoms with E-state index in [9.17, 15) is 14.0 Å². The molecule has 8 nitrogen and oxygen atoms in total. The Morgan fingerprint density at radius 2 is 1.26 bits per heavy atom. The van der Waals surface area contributed by atoms with Gasteiger partial charge in [-0.1, -0.05) is 0 Å². The number of methoxy groups -OCH3 is 4. The molecule has 9 heteroatoms. The van der Waals surface area contributed by atoms with Crippen molar-refractivity contribution in [3.8, 4) is 23.0 Å². The minimum atomic E-state index is -0.697. The average Bonchev–Trinajstić information content (AvgIpc) is 2.70. The minimum Gasteiger partial charge on any atom is -0.494 e. The Bertz CT molecular complexity index is 831. The second-order valence-electron chi connectivity index (χ2n) is 5.17. The normalized spacial score (nSPS) is 9.96. The van der Waals surface area contributed by atoms with Crippen LogP contribution in [0.2, 0.25) is 0 Å². The van der Waals surface area contributed by atoms with Gasteiger partial charge in [-0.25, -0.2) is 4.39 Å². The number of hydrogen-bond acceptors (Lipinski definition) is 6. The zero-order valence-corrected chi connectivity index (χ0v) is 15.2. The number of hydrogen-bond donors (Lipinski definition) is 2. The predicted octanol–water partition coefficient (Wildman–Crippen LogP) is 1.93. The molecule has 0 spiro atoms. The van der Waals surface area contributed by atoms with Crippen molar-refractivity contribution in [1.82, 2.24) is 10.9 Å². The first-order chi connectivity index (χ1) is 12.9. The highest BCUT2D eigenvalue weighted by molar-refractivity contribution is 5.99. The van der Waals surface area contributed by atoms with Crippen LogP contribution in [0.5, 0.6) is 23.0 Å². The van der Waals surface area contributed by atoms with Gasteiger partial charge < -0.3 is 18.9 Å². The highest BCUT2D eigenvalue weighted by Gasteiger charge is 2.18. The summed E-state index contributed by atoms with van der Waals surface area (Å²) in [5.41, 5.74) is 4.62. The van der Waals surface area contributed by atoms with E-state index in [4.69, 9.17) is 18.9 Å². The standard InChI is InChI=1S/C18H19FN2O6/c1-24-13-6-5-10(7-12(13)19)17(22)20-21-18(23)11-8-14(25-2)16(27-4)15(9-11)26-3/h5-9H,1-4H3,(H,20,22)(H,21,23). The summed E-state index contributed by atoms with van der Waals surface area (Å²) in [4.78, 5) is 24.4. The molecule has 0 fully saturated rings. The van der Waals surface area contributed by atoms with Gasteiger partial charge in [-0.2, -0.15) is 0 Å². The van der Waals surface area contributed by atoms with Crippen LogP contribution in [0, 0.1) is 5.82 Å². The molecule has 0 aliphatic carbocycles. The van der Waals surface area contributed by atoms with E-state index in [1.54, 1.807) is 0 Å². The third kappa shape index (κ3) is 4.38. The second kappa shape index (κ2) is 8.75. The Kier molecular flexibility index (Phi) is 6.42. The summed E-state index contributed by atoms with van der Waals surface area (Å²) in [5, 5.41) is 0. The SMILES string of the molecule is COc1ccc(C(=O)NNC(=O)c2cc(OC)c(OC)c(OC)c2)cc1F. The first-order valence-corrected chi connectivity index (χ1v) is 7.69. The molecular formula is C18H19FN2O6. The number of carbonyl (C=O) groups excluding carboxylic acids is 2. The fourth-order valence-corrected chi connectivity index (χ4v) is 2.28. The van der Waals surface area contributed by atoms with Crippen LogP contribution in [0.1, 0.15) is 20.7 Å². The Morgan fingerprint density at radius 1 is 0.741 bits per heavy atom. The van der Waals surface area contributed by atoms with Gasteiger partial charge in [0, 0.05) is 11.1 Å². The molecule has 2 amide bonds. The predicted molar refractivity (Wildman–Crippen MR) is 94.0 cm³/mol. The monoisotopic (exact) mass is 378 g/mol. The van der Waals surface area contributed by atoms with Crippen LogP contribution in [0.15, 0.2) is 30.3 Å². The van der Waals surface area contributed by atoms with Gasteiger partial charge in [-0.15, -0.1) is 0 Å². The van der Waals surface area contributed by atoms with Crippen molar-refractivity contribution in [3.63, 3.8) is 0 Å². The summed E-state index contributed by atoms with van der Waals surface area (Å²) >= 11 is 0. The van der Waals surface area contributed by atoms with Crippen LogP contribution in [0.4, 0.5) is 4.39 Å². The maximum Gasteiger partial charge on any atom is 0.269 e. The number of halogens is 1. The molecule has 0 aromatic heterocycles. The van der Waals surface area contributed by atoms with Crippen molar-refractivity contribution in [2.75, 3.05) is 28.4 Å². The highest BCUT2D eigenvalue weighted by Crippen LogP contribution is 2.38. The average molecular weight is 378 g/mol. The van der Waals surface area contributed by atoms with Crippen LogP contribution in [0.3, 0.4) is 0 Å². The highest BCUT2D eigenvalue weighted by atomic mass is 19.1. The number of rotatable bonds is 6. The van der Waals surface area contributed by atoms with Crippen molar-refractivity contribution in [2.45, 2.75) is 0 Å². The van der Waals surface area contributed by atoms with E-state index in [1.807, 2.05) is 0 Å². The van der Waals surface area contributed by atoms with Crippen LogP contribution in [0.25, 0.3) is 0 Å². The summed E-state index contributed by atoms with van der Waals surface area (Å²) in [6, 6.07) is 6.53. The van der Waals surface area contributed by atoms with E-state index in [0.717, 1.165) is 6.07 Å². The van der Waals surface area contributed by atoms with Crippen LogP contribution >= 0.6 is 0 Å². The molecule has 27 heavy (non-hydrogen) atoms. The molecule has 0 atom stereocenters. The van der Waals surface area contributed by atoms with E-state index in [2.05, 4.69) is 10.9 Å². The number of benzene rings is 2. The summed E-state index contributed by atoms with van der Waals surface area (Å²) in [6.07, 6.45) is 0. The van der Waals surface area contributed by atoms with Gasteiger partial charge in [-0.3, -0.25) is 20.4 Å². The van der Waals surface area contributed by atoms with Crippen molar-refractivity contribution in [2.24, 2.45) is 0 Å². The zero-order chi connectivity index (χ0) is 20.0. The Balaban J connectivity index is 2.13. The minimum absolute atomic E-state index is 0.00742. The Hall–Kier alpha value is -3.49. The molecule has 0 heterocycles. The van der Waals surface area contributed by atoms with Crippen molar-refractivity contribution < 1.29 is 32.9 Å². The molecule has 0 radical (unpaired) electrons. The summed E-state index contributed by atoms with van der Waals surface area (Å²) in [7, 11) is 5.59. The molecule has 0 aliphatic rings. The Morgan fingerprint density at radius 3 is 1.70 bits per heavy atom. The van der Waals surface area contributed by atoms with E-state index < -0.39 is 17.6 Å². The molecule has 0 bridgehead atoms. The summed E-state index contributed by atoms with van der Waals surface area (Å²) in [5.74, 6) is -1.12. The third-order valence-corrected chi connectivity index (χ3v) is 3.63. The van der Waals surface area contributed by atoms with Gasteiger partial charge in [0.1, 0.15) is 0 Å². The molecule has 0 aliphatic heterocycles. The summed E-state index contributed by atoms with van der Waals surface area (Å²) in [6.45, 7) is 0. The van der Waals surface area contributed by atoms with Crippen LogP contribution < -0.4 is 29.8 Å². The van der Waals surface area contributed by atoms with Gasteiger partial charge in [-0.05, 0) is 30.3 Å². The van der Waals surface area contributed by atoms with Gasteiger partial charge in [0.05, 0.1) is 28.4 Å². The zero-order valence-electron chi connectivity index (χ0n) is 15.2. The van der Waals surface area contributed by atoms with Crippen molar-refractivity contribution in [3.05, 3.63) is 47.3 Å². The molecule has 2 rings (SSSR count). The molecule has 0 saturated carbocycles. The lowest BCUT2D eigenvalue weighted by Crippen LogP contribution is -2.41. The number of carbonyl (C=O) groups is 2. The first kappa shape index (κ1) is 19.8. The number of hydrazine groups is 1. The lowest BCUT2D eigenvalue weighted by atomic mass is 10.1. The van der Waals surface area contributed by atoms with Crippen molar-refractivity contribution in [1.29, 1.82) is 0 Å². The van der Waals surface area contributed by atoms with E-state index in [0.29, 0.717) is 5.75 Å². The van der Waals surface area contributed by atoms with Crippen molar-refractivity contribution >= 4 is 11.8 Å². The lowest BCUT2D eigenvalue weighted by molar-refractivity contribution is 0.0846. The largest absolute Gasteiger partial charge is 0.494 e. The smallest absolute Gasteiger partial charge is 0.269 e. The molecule has 0 saturated heterocycles. The molecule has 2 aromatic carbocycles. The second-order valence-corrected chi connectivity index (χ2v) is 5.17. The fourth-order valence-electron chi connectivity index (χ4n) is 2.28. The maximum absolute atomic E-state index is 13.7.